The van der Waals surface area contributed by atoms with E-state index in [1.165, 1.54) is 42.3 Å². The molecule has 0 spiro atoms. The zero-order valence-corrected chi connectivity index (χ0v) is 15.0. The highest BCUT2D eigenvalue weighted by molar-refractivity contribution is 6.04. The van der Waals surface area contributed by atoms with Gasteiger partial charge in [-0.1, -0.05) is 0 Å². The quantitative estimate of drug-likeness (QED) is 0.715. The molecule has 3 rings (SSSR count). The van der Waals surface area contributed by atoms with E-state index in [-0.39, 0.29) is 22.6 Å². The molecule has 0 aliphatic rings. The Morgan fingerprint density at radius 2 is 1.89 bits per heavy atom. The second-order valence-electron chi connectivity index (χ2n) is 5.88. The molecule has 0 aliphatic heterocycles. The summed E-state index contributed by atoms with van der Waals surface area (Å²) in [5, 5.41) is 6.77. The number of rotatable bonds is 4. The lowest BCUT2D eigenvalue weighted by Gasteiger charge is -2.09. The molecule has 0 unspecified atom stereocenters. The Bertz CT molecular complexity index is 1030. The first-order valence-corrected chi connectivity index (χ1v) is 8.08. The van der Waals surface area contributed by atoms with Crippen LogP contribution in [0.5, 0.6) is 0 Å². The Morgan fingerprint density at radius 3 is 2.52 bits per heavy atom. The van der Waals surface area contributed by atoms with Gasteiger partial charge >= 0.3 is 5.97 Å². The fourth-order valence-electron chi connectivity index (χ4n) is 2.62. The molecule has 7 nitrogen and oxygen atoms in total. The number of carbonyl (C=O) groups excluding carboxylic acids is 2. The summed E-state index contributed by atoms with van der Waals surface area (Å²) in [6.07, 6.45) is 1.37. The van der Waals surface area contributed by atoms with Gasteiger partial charge in [0.05, 0.1) is 18.4 Å². The summed E-state index contributed by atoms with van der Waals surface area (Å²) in [6.45, 7) is 3.64. The summed E-state index contributed by atoms with van der Waals surface area (Å²) in [5.74, 6) is -1.52. The van der Waals surface area contributed by atoms with Gasteiger partial charge in [0, 0.05) is 17.5 Å². The summed E-state index contributed by atoms with van der Waals surface area (Å²) in [6, 6.07) is 8.79. The number of hydrogen-bond donors (Lipinski definition) is 1. The smallest absolute Gasteiger partial charge is 0.338 e. The van der Waals surface area contributed by atoms with Gasteiger partial charge in [0.15, 0.2) is 0 Å². The van der Waals surface area contributed by atoms with E-state index in [4.69, 9.17) is 0 Å². The number of aryl methyl sites for hydroxylation is 2. The van der Waals surface area contributed by atoms with Crippen molar-refractivity contribution in [2.45, 2.75) is 13.8 Å². The SMILES string of the molecule is COC(=O)c1ccnc(NC(=O)c2ccc(-n3nc(C)cc3C)c(F)c2)c1. The van der Waals surface area contributed by atoms with Gasteiger partial charge in [-0.2, -0.15) is 5.10 Å². The number of anilines is 1. The number of methoxy groups -OCH3 is 1. The van der Waals surface area contributed by atoms with Crippen molar-refractivity contribution >= 4 is 17.7 Å². The lowest BCUT2D eigenvalue weighted by atomic mass is 10.1. The maximum Gasteiger partial charge on any atom is 0.338 e. The van der Waals surface area contributed by atoms with Gasteiger partial charge in [0.1, 0.15) is 17.3 Å². The average Bonchev–Trinajstić information content (AvgIpc) is 2.99. The van der Waals surface area contributed by atoms with Crippen molar-refractivity contribution in [3.63, 3.8) is 0 Å². The van der Waals surface area contributed by atoms with Gasteiger partial charge < -0.3 is 10.1 Å². The Labute approximate surface area is 154 Å². The predicted octanol–water partition coefficient (Wildman–Crippen LogP) is 3.06. The molecule has 3 aromatic rings. The lowest BCUT2D eigenvalue weighted by Crippen LogP contribution is -2.14. The van der Waals surface area contributed by atoms with E-state index in [9.17, 15) is 14.0 Å². The molecule has 0 saturated heterocycles. The Balaban J connectivity index is 1.83. The first kappa shape index (κ1) is 18.2. The molecular weight excluding hydrogens is 351 g/mol. The topological polar surface area (TPSA) is 86.1 Å². The van der Waals surface area contributed by atoms with Gasteiger partial charge in [-0.05, 0) is 50.2 Å². The molecule has 0 fully saturated rings. The minimum Gasteiger partial charge on any atom is -0.465 e. The molecule has 27 heavy (non-hydrogen) atoms. The van der Waals surface area contributed by atoms with Crippen LogP contribution in [-0.2, 0) is 4.74 Å². The lowest BCUT2D eigenvalue weighted by molar-refractivity contribution is 0.0600. The maximum absolute atomic E-state index is 14.5. The van der Waals surface area contributed by atoms with Crippen LogP contribution >= 0.6 is 0 Å². The molecule has 2 aromatic heterocycles. The van der Waals surface area contributed by atoms with Crippen molar-refractivity contribution in [1.82, 2.24) is 14.8 Å². The van der Waals surface area contributed by atoms with Crippen molar-refractivity contribution in [1.29, 1.82) is 0 Å². The normalized spacial score (nSPS) is 10.5. The number of hydrogen-bond acceptors (Lipinski definition) is 5. The zero-order valence-electron chi connectivity index (χ0n) is 15.0. The first-order chi connectivity index (χ1) is 12.9. The fraction of sp³-hybridized carbons (Fsp3) is 0.158. The van der Waals surface area contributed by atoms with E-state index in [1.54, 1.807) is 0 Å². The highest BCUT2D eigenvalue weighted by Gasteiger charge is 2.14. The van der Waals surface area contributed by atoms with E-state index in [0.717, 1.165) is 17.5 Å². The monoisotopic (exact) mass is 368 g/mol. The van der Waals surface area contributed by atoms with Crippen LogP contribution in [-0.4, -0.2) is 33.8 Å². The van der Waals surface area contributed by atoms with Crippen molar-refractivity contribution in [2.24, 2.45) is 0 Å². The fourth-order valence-corrected chi connectivity index (χ4v) is 2.62. The third-order valence-electron chi connectivity index (χ3n) is 3.87. The van der Waals surface area contributed by atoms with E-state index in [1.807, 2.05) is 19.9 Å². The number of benzene rings is 1. The number of aromatic nitrogens is 3. The number of amides is 1. The molecular formula is C19H17FN4O3. The number of carbonyl (C=O) groups is 2. The second-order valence-corrected chi connectivity index (χ2v) is 5.88. The van der Waals surface area contributed by atoms with Crippen molar-refractivity contribution in [3.8, 4) is 5.69 Å². The van der Waals surface area contributed by atoms with E-state index in [2.05, 4.69) is 20.1 Å². The van der Waals surface area contributed by atoms with Gasteiger partial charge in [-0.25, -0.2) is 18.9 Å². The molecule has 1 N–H and O–H groups in total. The van der Waals surface area contributed by atoms with Crippen molar-refractivity contribution in [3.05, 3.63) is 70.9 Å². The van der Waals surface area contributed by atoms with Crippen LogP contribution in [0.3, 0.4) is 0 Å². The standard InChI is InChI=1S/C19H17FN4O3/c1-11-8-12(2)24(23-11)16-5-4-13(9-15(16)20)18(25)22-17-10-14(6-7-21-17)19(26)27-3/h4-10H,1-3H3,(H,21,22,25). The van der Waals surface area contributed by atoms with Crippen molar-refractivity contribution < 1.29 is 18.7 Å². The molecule has 0 radical (unpaired) electrons. The number of nitrogens with zero attached hydrogens (tertiary/aromatic N) is 3. The Morgan fingerprint density at radius 1 is 1.11 bits per heavy atom. The van der Waals surface area contributed by atoms with Crippen LogP contribution in [0.1, 0.15) is 32.1 Å². The number of esters is 1. The average molecular weight is 368 g/mol. The molecule has 2 heterocycles. The molecule has 0 aliphatic carbocycles. The summed E-state index contributed by atoms with van der Waals surface area (Å²) >= 11 is 0. The molecule has 0 bridgehead atoms. The molecule has 1 aromatic carbocycles. The van der Waals surface area contributed by atoms with Crippen LogP contribution in [0, 0.1) is 19.7 Å². The summed E-state index contributed by atoms with van der Waals surface area (Å²) < 4.78 is 20.6. The first-order valence-electron chi connectivity index (χ1n) is 8.08. The van der Waals surface area contributed by atoms with Crippen LogP contribution in [0.25, 0.3) is 5.69 Å². The minimum atomic E-state index is -0.579. The highest BCUT2D eigenvalue weighted by Crippen LogP contribution is 2.18. The maximum atomic E-state index is 14.5. The minimum absolute atomic E-state index is 0.114. The molecule has 0 saturated carbocycles. The molecule has 8 heteroatoms. The number of pyridine rings is 1. The zero-order chi connectivity index (χ0) is 19.6. The molecule has 0 atom stereocenters. The highest BCUT2D eigenvalue weighted by atomic mass is 19.1. The number of nitrogens with one attached hydrogen (secondary N) is 1. The van der Waals surface area contributed by atoms with E-state index >= 15 is 0 Å². The Hall–Kier alpha value is -3.55. The number of halogens is 1. The Kier molecular flexibility index (Phi) is 4.98. The van der Waals surface area contributed by atoms with Crippen LogP contribution in [0.4, 0.5) is 10.2 Å². The third-order valence-corrected chi connectivity index (χ3v) is 3.87. The van der Waals surface area contributed by atoms with E-state index < -0.39 is 17.7 Å². The van der Waals surface area contributed by atoms with E-state index in [0.29, 0.717) is 0 Å². The van der Waals surface area contributed by atoms with Crippen LogP contribution in [0.2, 0.25) is 0 Å². The van der Waals surface area contributed by atoms with Gasteiger partial charge in [-0.3, -0.25) is 4.79 Å². The summed E-state index contributed by atoms with van der Waals surface area (Å²) in [7, 11) is 1.26. The van der Waals surface area contributed by atoms with Crippen molar-refractivity contribution in [2.75, 3.05) is 12.4 Å². The number of ether oxygens (including phenoxy) is 1. The summed E-state index contributed by atoms with van der Waals surface area (Å²) in [4.78, 5) is 27.9. The van der Waals surface area contributed by atoms with Gasteiger partial charge in [-0.15, -0.1) is 0 Å². The van der Waals surface area contributed by atoms with Gasteiger partial charge in [0.2, 0.25) is 0 Å². The molecule has 1 amide bonds. The largest absolute Gasteiger partial charge is 0.465 e. The van der Waals surface area contributed by atoms with Crippen LogP contribution in [0.15, 0.2) is 42.6 Å². The van der Waals surface area contributed by atoms with Gasteiger partial charge in [0.25, 0.3) is 5.91 Å². The predicted molar refractivity (Wildman–Crippen MR) is 96.5 cm³/mol. The second kappa shape index (κ2) is 7.36. The van der Waals surface area contributed by atoms with Crippen LogP contribution < -0.4 is 5.32 Å². The third kappa shape index (κ3) is 3.84. The summed E-state index contributed by atoms with van der Waals surface area (Å²) in [5.41, 5.74) is 2.16. The molecule has 138 valence electrons.